The maximum atomic E-state index is 12.8. The molecule has 0 saturated heterocycles. The van der Waals surface area contributed by atoms with Gasteiger partial charge in [0.2, 0.25) is 0 Å². The van der Waals surface area contributed by atoms with Crippen LogP contribution in [0, 0.1) is 0 Å². The maximum Gasteiger partial charge on any atom is 0.341 e. The number of carbonyl (C=O) groups is 2. The van der Waals surface area contributed by atoms with E-state index in [-0.39, 0.29) is 11.9 Å². The van der Waals surface area contributed by atoms with Crippen molar-refractivity contribution in [1.29, 1.82) is 0 Å². The van der Waals surface area contributed by atoms with Crippen LogP contribution in [0.5, 0.6) is 0 Å². The molecule has 0 aliphatic heterocycles. The molecule has 0 spiro atoms. The first-order chi connectivity index (χ1) is 12.7. The summed E-state index contributed by atoms with van der Waals surface area (Å²) in [5.74, 6) is -0.416. The van der Waals surface area contributed by atoms with Crippen molar-refractivity contribution in [2.24, 2.45) is 0 Å². The van der Waals surface area contributed by atoms with Crippen LogP contribution in [-0.4, -0.2) is 18.5 Å². The van der Waals surface area contributed by atoms with Gasteiger partial charge in [0.25, 0.3) is 5.91 Å². The zero-order valence-corrected chi connectivity index (χ0v) is 16.6. The first-order valence-corrected chi connectivity index (χ1v) is 11.0. The standard InChI is InChI=1S/C20H23NO3S2/c1-2-24-20(23)17-13-8-4-6-10-15(13)26-19(17)21-18(22)16-11-12-7-3-5-9-14(12)25-16/h11H,2-10H2,1H3,(H,21,22). The fourth-order valence-corrected chi connectivity index (χ4v) is 6.26. The van der Waals surface area contributed by atoms with Crippen LogP contribution in [0.15, 0.2) is 6.07 Å². The third-order valence-corrected chi connectivity index (χ3v) is 7.54. The number of hydrogen-bond donors (Lipinski definition) is 1. The Morgan fingerprint density at radius 2 is 1.77 bits per heavy atom. The van der Waals surface area contributed by atoms with E-state index in [2.05, 4.69) is 5.32 Å². The lowest BCUT2D eigenvalue weighted by Gasteiger charge is -2.12. The smallest absolute Gasteiger partial charge is 0.341 e. The highest BCUT2D eigenvalue weighted by Crippen LogP contribution is 2.39. The molecule has 0 aromatic carbocycles. The van der Waals surface area contributed by atoms with Crippen molar-refractivity contribution in [1.82, 2.24) is 0 Å². The molecule has 1 N–H and O–H groups in total. The highest BCUT2D eigenvalue weighted by molar-refractivity contribution is 7.17. The molecule has 2 aliphatic rings. The van der Waals surface area contributed by atoms with Crippen molar-refractivity contribution in [2.75, 3.05) is 11.9 Å². The second-order valence-electron chi connectivity index (χ2n) is 6.86. The molecule has 0 bridgehead atoms. The molecule has 138 valence electrons. The minimum absolute atomic E-state index is 0.103. The number of hydrogen-bond acceptors (Lipinski definition) is 5. The average Bonchev–Trinajstić information content (AvgIpc) is 3.22. The summed E-state index contributed by atoms with van der Waals surface area (Å²) < 4.78 is 5.27. The lowest BCUT2D eigenvalue weighted by molar-refractivity contribution is 0.0526. The molecule has 4 nitrogen and oxygen atoms in total. The number of nitrogens with one attached hydrogen (secondary N) is 1. The largest absolute Gasteiger partial charge is 0.462 e. The van der Waals surface area contributed by atoms with Crippen LogP contribution in [0.1, 0.15) is 73.5 Å². The van der Waals surface area contributed by atoms with E-state index in [1.165, 1.54) is 28.2 Å². The second-order valence-corrected chi connectivity index (χ2v) is 9.10. The van der Waals surface area contributed by atoms with Crippen molar-refractivity contribution >= 4 is 39.6 Å². The van der Waals surface area contributed by atoms with Crippen molar-refractivity contribution in [3.63, 3.8) is 0 Å². The van der Waals surface area contributed by atoms with Gasteiger partial charge in [0.05, 0.1) is 17.0 Å². The van der Waals surface area contributed by atoms with Crippen molar-refractivity contribution in [2.45, 2.75) is 58.3 Å². The lowest BCUT2D eigenvalue weighted by atomic mass is 9.95. The van der Waals surface area contributed by atoms with E-state index >= 15 is 0 Å². The van der Waals surface area contributed by atoms with E-state index in [4.69, 9.17) is 4.74 Å². The summed E-state index contributed by atoms with van der Waals surface area (Å²) in [5, 5.41) is 3.68. The van der Waals surface area contributed by atoms with Crippen LogP contribution in [0.3, 0.4) is 0 Å². The van der Waals surface area contributed by atoms with Crippen molar-refractivity contribution in [3.8, 4) is 0 Å². The number of fused-ring (bicyclic) bond motifs is 2. The number of amides is 1. The summed E-state index contributed by atoms with van der Waals surface area (Å²) >= 11 is 3.14. The normalized spacial score (nSPS) is 15.9. The van der Waals surface area contributed by atoms with Gasteiger partial charge in [0, 0.05) is 9.75 Å². The van der Waals surface area contributed by atoms with Crippen LogP contribution in [0.2, 0.25) is 0 Å². The maximum absolute atomic E-state index is 12.8. The molecule has 2 aliphatic carbocycles. The van der Waals surface area contributed by atoms with E-state index in [0.29, 0.717) is 17.2 Å². The molecule has 0 radical (unpaired) electrons. The monoisotopic (exact) mass is 389 g/mol. The number of esters is 1. The first kappa shape index (κ1) is 17.7. The van der Waals surface area contributed by atoms with Crippen LogP contribution in [0.4, 0.5) is 5.00 Å². The fraction of sp³-hybridized carbons (Fsp3) is 0.500. The molecule has 0 unspecified atom stereocenters. The third kappa shape index (κ3) is 3.32. The topological polar surface area (TPSA) is 55.4 Å². The zero-order chi connectivity index (χ0) is 18.1. The molecule has 0 fully saturated rings. The summed E-state index contributed by atoms with van der Waals surface area (Å²) in [6.07, 6.45) is 8.66. The van der Waals surface area contributed by atoms with Gasteiger partial charge in [-0.2, -0.15) is 0 Å². The van der Waals surface area contributed by atoms with Gasteiger partial charge < -0.3 is 10.1 Å². The van der Waals surface area contributed by atoms with Gasteiger partial charge in [-0.05, 0) is 75.5 Å². The van der Waals surface area contributed by atoms with Crippen LogP contribution >= 0.6 is 22.7 Å². The van der Waals surface area contributed by atoms with Gasteiger partial charge in [0.15, 0.2) is 0 Å². The van der Waals surface area contributed by atoms with E-state index in [0.717, 1.165) is 49.0 Å². The number of carbonyl (C=O) groups excluding carboxylic acids is 2. The van der Waals surface area contributed by atoms with E-state index in [1.54, 1.807) is 22.7 Å². The summed E-state index contributed by atoms with van der Waals surface area (Å²) in [4.78, 5) is 28.7. The van der Waals surface area contributed by atoms with Crippen LogP contribution in [0.25, 0.3) is 0 Å². The molecule has 6 heteroatoms. The average molecular weight is 390 g/mol. The second kappa shape index (κ2) is 7.53. The number of ether oxygens (including phenoxy) is 1. The van der Waals surface area contributed by atoms with Gasteiger partial charge in [-0.25, -0.2) is 4.79 Å². The first-order valence-electron chi connectivity index (χ1n) is 9.42. The Labute approximate surface area is 161 Å². The van der Waals surface area contributed by atoms with Crippen molar-refractivity contribution in [3.05, 3.63) is 37.4 Å². The predicted molar refractivity (Wildman–Crippen MR) is 106 cm³/mol. The SMILES string of the molecule is CCOC(=O)c1c(NC(=O)c2cc3c(s2)CCCC3)sc2c1CCCC2. The lowest BCUT2D eigenvalue weighted by Crippen LogP contribution is -2.15. The van der Waals surface area contributed by atoms with E-state index in [1.807, 2.05) is 13.0 Å². The van der Waals surface area contributed by atoms with Crippen molar-refractivity contribution < 1.29 is 14.3 Å². The molecule has 2 aromatic rings. The molecule has 2 heterocycles. The minimum Gasteiger partial charge on any atom is -0.462 e. The van der Waals surface area contributed by atoms with Gasteiger partial charge in [-0.15, -0.1) is 22.7 Å². The molecule has 26 heavy (non-hydrogen) atoms. The van der Waals surface area contributed by atoms with E-state index < -0.39 is 0 Å². The highest BCUT2D eigenvalue weighted by Gasteiger charge is 2.28. The van der Waals surface area contributed by atoms with Gasteiger partial charge in [-0.1, -0.05) is 0 Å². The molecule has 0 saturated carbocycles. The summed E-state index contributed by atoms with van der Waals surface area (Å²) in [5.41, 5.74) is 2.99. The Kier molecular flexibility index (Phi) is 5.14. The zero-order valence-electron chi connectivity index (χ0n) is 15.0. The Hall–Kier alpha value is -1.66. The molecular weight excluding hydrogens is 366 g/mol. The summed E-state index contributed by atoms with van der Waals surface area (Å²) in [6, 6.07) is 2.03. The molecule has 1 amide bonds. The van der Waals surface area contributed by atoms with Gasteiger partial charge in [0.1, 0.15) is 5.00 Å². The Balaban J connectivity index is 1.62. The number of thiophene rings is 2. The summed E-state index contributed by atoms with van der Waals surface area (Å²) in [6.45, 7) is 2.15. The Morgan fingerprint density at radius 3 is 2.54 bits per heavy atom. The van der Waals surface area contributed by atoms with E-state index in [9.17, 15) is 9.59 Å². The Bertz CT molecular complexity index is 826. The van der Waals surface area contributed by atoms with Gasteiger partial charge >= 0.3 is 5.97 Å². The van der Waals surface area contributed by atoms with Crippen LogP contribution < -0.4 is 5.32 Å². The quantitative estimate of drug-likeness (QED) is 0.749. The molecule has 4 rings (SSSR count). The minimum atomic E-state index is -0.312. The number of rotatable bonds is 4. The fourth-order valence-electron chi connectivity index (χ4n) is 3.84. The number of anilines is 1. The molecule has 2 aromatic heterocycles. The third-order valence-electron chi connectivity index (χ3n) is 5.10. The Morgan fingerprint density at radius 1 is 1.04 bits per heavy atom. The molecule has 0 atom stereocenters. The molecular formula is C20H23NO3S2. The summed E-state index contributed by atoms with van der Waals surface area (Å²) in [7, 11) is 0. The predicted octanol–water partition coefficient (Wildman–Crippen LogP) is 5.00. The number of aryl methyl sites for hydroxylation is 3. The van der Waals surface area contributed by atoms with Crippen LogP contribution in [-0.2, 0) is 30.4 Å². The van der Waals surface area contributed by atoms with Gasteiger partial charge in [-0.3, -0.25) is 4.79 Å². The highest BCUT2D eigenvalue weighted by atomic mass is 32.1.